The molecular formula is C15H26BrN3. The van der Waals surface area contributed by atoms with Crippen LogP contribution in [0.2, 0.25) is 0 Å². The molecule has 0 aliphatic carbocycles. The summed E-state index contributed by atoms with van der Waals surface area (Å²) in [6.07, 6.45) is 3.67. The lowest BCUT2D eigenvalue weighted by atomic mass is 10.0. The average Bonchev–Trinajstić information content (AvgIpc) is 2.96. The molecule has 1 fully saturated rings. The van der Waals surface area contributed by atoms with Gasteiger partial charge in [-0.25, -0.2) is 0 Å². The van der Waals surface area contributed by atoms with E-state index in [4.69, 9.17) is 5.10 Å². The Hall–Kier alpha value is -0.350. The molecule has 1 saturated heterocycles. The highest BCUT2D eigenvalue weighted by molar-refractivity contribution is 9.10. The van der Waals surface area contributed by atoms with Gasteiger partial charge >= 0.3 is 0 Å². The van der Waals surface area contributed by atoms with Crippen LogP contribution in [0.15, 0.2) is 4.47 Å². The third kappa shape index (κ3) is 3.05. The molecule has 108 valence electrons. The van der Waals surface area contributed by atoms with Gasteiger partial charge < -0.3 is 0 Å². The molecule has 0 N–H and O–H groups in total. The molecule has 1 aromatic heterocycles. The number of likely N-dealkylation sites (tertiary alicyclic amines) is 1. The van der Waals surface area contributed by atoms with Gasteiger partial charge in [-0.3, -0.25) is 9.58 Å². The summed E-state index contributed by atoms with van der Waals surface area (Å²) in [5, 5.41) is 4.70. The zero-order chi connectivity index (χ0) is 14.0. The first-order valence-corrected chi connectivity index (χ1v) is 8.35. The molecule has 0 saturated carbocycles. The number of nitrogens with zero attached hydrogens (tertiary/aromatic N) is 3. The maximum atomic E-state index is 4.70. The van der Waals surface area contributed by atoms with Crippen molar-refractivity contribution in [3.05, 3.63) is 15.9 Å². The predicted molar refractivity (Wildman–Crippen MR) is 83.2 cm³/mol. The average molecular weight is 328 g/mol. The van der Waals surface area contributed by atoms with Crippen molar-refractivity contribution in [1.29, 1.82) is 0 Å². The molecule has 1 aromatic rings. The van der Waals surface area contributed by atoms with Gasteiger partial charge in [0.05, 0.1) is 15.9 Å². The van der Waals surface area contributed by atoms with Crippen LogP contribution in [0, 0.1) is 5.92 Å². The lowest BCUT2D eigenvalue weighted by molar-refractivity contribution is 0.193. The van der Waals surface area contributed by atoms with Gasteiger partial charge in [-0.15, -0.1) is 0 Å². The van der Waals surface area contributed by atoms with Crippen LogP contribution in [0.3, 0.4) is 0 Å². The Kier molecular flexibility index (Phi) is 5.07. The van der Waals surface area contributed by atoms with E-state index in [0.717, 1.165) is 31.5 Å². The van der Waals surface area contributed by atoms with Crippen LogP contribution in [-0.2, 0) is 19.5 Å². The molecule has 0 radical (unpaired) electrons. The Morgan fingerprint density at radius 1 is 1.37 bits per heavy atom. The zero-order valence-electron chi connectivity index (χ0n) is 12.6. The summed E-state index contributed by atoms with van der Waals surface area (Å²) in [5.74, 6) is 0.741. The number of halogens is 1. The van der Waals surface area contributed by atoms with Gasteiger partial charge in [-0.05, 0) is 54.6 Å². The molecule has 3 nitrogen and oxygen atoms in total. The molecule has 1 aliphatic rings. The molecule has 0 amide bonds. The molecule has 2 rings (SSSR count). The van der Waals surface area contributed by atoms with E-state index in [1.807, 2.05) is 0 Å². The van der Waals surface area contributed by atoms with Crippen LogP contribution in [0.5, 0.6) is 0 Å². The largest absolute Gasteiger partial charge is 0.294 e. The predicted octanol–water partition coefficient (Wildman–Crippen LogP) is 3.85. The minimum atomic E-state index is 0.734. The highest BCUT2D eigenvalue weighted by Gasteiger charge is 2.28. The van der Waals surface area contributed by atoms with Crippen LogP contribution in [0.25, 0.3) is 0 Å². The summed E-state index contributed by atoms with van der Waals surface area (Å²) in [6, 6.07) is 0.734. The number of hydrogen-bond donors (Lipinski definition) is 0. The Morgan fingerprint density at radius 2 is 2.11 bits per heavy atom. The lowest BCUT2D eigenvalue weighted by Crippen LogP contribution is -2.33. The Morgan fingerprint density at radius 3 is 2.68 bits per heavy atom. The summed E-state index contributed by atoms with van der Waals surface area (Å²) < 4.78 is 3.39. The summed E-state index contributed by atoms with van der Waals surface area (Å²) in [4.78, 5) is 2.64. The van der Waals surface area contributed by atoms with Gasteiger partial charge in [0.2, 0.25) is 0 Å². The molecule has 0 spiro atoms. The van der Waals surface area contributed by atoms with E-state index in [1.165, 1.54) is 35.2 Å². The third-order valence-corrected chi connectivity index (χ3v) is 5.15. The second-order valence-corrected chi connectivity index (χ2v) is 6.59. The van der Waals surface area contributed by atoms with Gasteiger partial charge in [0.15, 0.2) is 0 Å². The fourth-order valence-corrected chi connectivity index (χ4v) is 3.85. The molecule has 19 heavy (non-hydrogen) atoms. The molecule has 4 heteroatoms. The minimum Gasteiger partial charge on any atom is -0.294 e. The monoisotopic (exact) mass is 327 g/mol. The zero-order valence-corrected chi connectivity index (χ0v) is 14.2. The standard InChI is InChI=1S/C15H26BrN3/c1-5-12-15(16)14(19(6-2)17-12)10-18-9-7-8-13(18)11(3)4/h11,13H,5-10H2,1-4H3. The maximum Gasteiger partial charge on any atom is 0.0767 e. The van der Waals surface area contributed by atoms with Crippen LogP contribution >= 0.6 is 15.9 Å². The lowest BCUT2D eigenvalue weighted by Gasteiger charge is -2.27. The summed E-state index contributed by atoms with van der Waals surface area (Å²) in [7, 11) is 0. The van der Waals surface area contributed by atoms with E-state index in [9.17, 15) is 0 Å². The van der Waals surface area contributed by atoms with Gasteiger partial charge in [0, 0.05) is 19.1 Å². The summed E-state index contributed by atoms with van der Waals surface area (Å²) >= 11 is 3.76. The van der Waals surface area contributed by atoms with Crippen LogP contribution in [0.4, 0.5) is 0 Å². The molecule has 0 bridgehead atoms. The number of aromatic nitrogens is 2. The van der Waals surface area contributed by atoms with E-state index >= 15 is 0 Å². The second-order valence-electron chi connectivity index (χ2n) is 5.80. The van der Waals surface area contributed by atoms with Crippen molar-refractivity contribution >= 4 is 15.9 Å². The van der Waals surface area contributed by atoms with E-state index in [-0.39, 0.29) is 0 Å². The Bertz CT molecular complexity index is 425. The van der Waals surface area contributed by atoms with Gasteiger partial charge in [0.25, 0.3) is 0 Å². The Balaban J connectivity index is 2.20. The van der Waals surface area contributed by atoms with Crippen molar-refractivity contribution in [3.63, 3.8) is 0 Å². The van der Waals surface area contributed by atoms with E-state index in [0.29, 0.717) is 0 Å². The normalized spacial score (nSPS) is 20.6. The molecule has 1 atom stereocenters. The fraction of sp³-hybridized carbons (Fsp3) is 0.800. The van der Waals surface area contributed by atoms with Gasteiger partial charge in [-0.1, -0.05) is 20.8 Å². The number of aryl methyl sites for hydroxylation is 2. The number of rotatable bonds is 5. The van der Waals surface area contributed by atoms with Crippen molar-refractivity contribution < 1.29 is 0 Å². The second kappa shape index (κ2) is 6.40. The van der Waals surface area contributed by atoms with Crippen molar-refractivity contribution in [3.8, 4) is 0 Å². The molecule has 1 unspecified atom stereocenters. The number of hydrogen-bond acceptors (Lipinski definition) is 2. The van der Waals surface area contributed by atoms with Crippen LogP contribution < -0.4 is 0 Å². The van der Waals surface area contributed by atoms with Crippen molar-refractivity contribution in [2.45, 2.75) is 66.1 Å². The summed E-state index contributed by atoms with van der Waals surface area (Å²) in [6.45, 7) is 12.2. The molecule has 0 aromatic carbocycles. The Labute approximate surface area is 125 Å². The maximum absolute atomic E-state index is 4.70. The molecule has 2 heterocycles. The van der Waals surface area contributed by atoms with Gasteiger partial charge in [0.1, 0.15) is 0 Å². The van der Waals surface area contributed by atoms with E-state index in [1.54, 1.807) is 0 Å². The van der Waals surface area contributed by atoms with Crippen molar-refractivity contribution in [2.75, 3.05) is 6.54 Å². The topological polar surface area (TPSA) is 21.1 Å². The quantitative estimate of drug-likeness (QED) is 0.819. The van der Waals surface area contributed by atoms with Crippen molar-refractivity contribution in [1.82, 2.24) is 14.7 Å². The van der Waals surface area contributed by atoms with E-state index < -0.39 is 0 Å². The highest BCUT2D eigenvalue weighted by Crippen LogP contribution is 2.29. The molecule has 1 aliphatic heterocycles. The highest BCUT2D eigenvalue weighted by atomic mass is 79.9. The molecular weight excluding hydrogens is 302 g/mol. The van der Waals surface area contributed by atoms with Crippen LogP contribution in [0.1, 0.15) is 51.9 Å². The summed E-state index contributed by atoms with van der Waals surface area (Å²) in [5.41, 5.74) is 2.55. The van der Waals surface area contributed by atoms with Crippen molar-refractivity contribution in [2.24, 2.45) is 5.92 Å². The first-order chi connectivity index (χ1) is 9.08. The first-order valence-electron chi connectivity index (χ1n) is 7.56. The first kappa shape index (κ1) is 15.0. The third-order valence-electron chi connectivity index (χ3n) is 4.23. The smallest absolute Gasteiger partial charge is 0.0767 e. The van der Waals surface area contributed by atoms with Crippen LogP contribution in [-0.4, -0.2) is 27.3 Å². The van der Waals surface area contributed by atoms with Gasteiger partial charge in [-0.2, -0.15) is 5.10 Å². The minimum absolute atomic E-state index is 0.734. The van der Waals surface area contributed by atoms with E-state index in [2.05, 4.69) is 53.2 Å². The fourth-order valence-electron chi connectivity index (χ4n) is 3.16. The SMILES string of the molecule is CCc1nn(CC)c(CN2CCCC2C(C)C)c1Br.